The van der Waals surface area contributed by atoms with Gasteiger partial charge in [-0.25, -0.2) is 0 Å². The number of hydrogen-bond acceptors (Lipinski definition) is 2. The molecule has 2 heteroatoms. The Bertz CT molecular complexity index is 479. The molecule has 0 N–H and O–H groups in total. The number of nitrogens with zero attached hydrogens (tertiary/aromatic N) is 1. The second-order valence-electron chi connectivity index (χ2n) is 3.98. The van der Waals surface area contributed by atoms with E-state index in [-0.39, 0.29) is 0 Å². The van der Waals surface area contributed by atoms with Gasteiger partial charge in [-0.3, -0.25) is 4.98 Å². The molecular formula is C14H17NS. The van der Waals surface area contributed by atoms with Crippen LogP contribution < -0.4 is 0 Å². The summed E-state index contributed by atoms with van der Waals surface area (Å²) in [5.41, 5.74) is 2.46. The van der Waals surface area contributed by atoms with E-state index in [0.717, 1.165) is 5.52 Å². The molecule has 0 amide bonds. The molecule has 0 saturated heterocycles. The van der Waals surface area contributed by atoms with E-state index in [4.69, 9.17) is 0 Å². The highest BCUT2D eigenvalue weighted by molar-refractivity contribution is 7.99. The van der Waals surface area contributed by atoms with Gasteiger partial charge in [-0.05, 0) is 36.8 Å². The molecule has 0 aliphatic carbocycles. The third-order valence-corrected chi connectivity index (χ3v) is 3.84. The van der Waals surface area contributed by atoms with Gasteiger partial charge in [-0.2, -0.15) is 0 Å². The number of aryl methyl sites for hydroxylation is 1. The van der Waals surface area contributed by atoms with Crippen molar-refractivity contribution >= 4 is 22.7 Å². The summed E-state index contributed by atoms with van der Waals surface area (Å²) in [6.07, 6.45) is 4.41. The summed E-state index contributed by atoms with van der Waals surface area (Å²) in [7, 11) is 0. The van der Waals surface area contributed by atoms with Crippen LogP contribution in [0.15, 0.2) is 35.4 Å². The van der Waals surface area contributed by atoms with Crippen molar-refractivity contribution in [2.45, 2.75) is 31.6 Å². The first-order chi connectivity index (χ1) is 7.83. The smallest absolute Gasteiger partial charge is 0.0840 e. The third kappa shape index (κ3) is 2.38. The van der Waals surface area contributed by atoms with Gasteiger partial charge >= 0.3 is 0 Å². The predicted octanol–water partition coefficient (Wildman–Crippen LogP) is 4.44. The van der Waals surface area contributed by atoms with E-state index in [1.165, 1.54) is 34.4 Å². The molecule has 0 aliphatic heterocycles. The van der Waals surface area contributed by atoms with Crippen molar-refractivity contribution in [1.82, 2.24) is 4.98 Å². The van der Waals surface area contributed by atoms with Crippen molar-refractivity contribution in [1.29, 1.82) is 0 Å². The molecule has 0 fully saturated rings. The molecule has 1 aromatic carbocycles. The van der Waals surface area contributed by atoms with Crippen molar-refractivity contribution in [3.63, 3.8) is 0 Å². The topological polar surface area (TPSA) is 12.9 Å². The summed E-state index contributed by atoms with van der Waals surface area (Å²) in [5.74, 6) is 1.19. The van der Waals surface area contributed by atoms with E-state index in [2.05, 4.69) is 37.0 Å². The van der Waals surface area contributed by atoms with Crippen LogP contribution in [0, 0.1) is 6.92 Å². The van der Waals surface area contributed by atoms with E-state index in [0.29, 0.717) is 0 Å². The van der Waals surface area contributed by atoms with Crippen LogP contribution in [0.2, 0.25) is 0 Å². The maximum atomic E-state index is 4.50. The number of pyridine rings is 1. The molecule has 16 heavy (non-hydrogen) atoms. The first kappa shape index (κ1) is 11.5. The van der Waals surface area contributed by atoms with E-state index < -0.39 is 0 Å². The Morgan fingerprint density at radius 3 is 2.94 bits per heavy atom. The van der Waals surface area contributed by atoms with Crippen LogP contribution in [-0.2, 0) is 0 Å². The first-order valence-corrected chi connectivity index (χ1v) is 6.78. The van der Waals surface area contributed by atoms with Gasteiger partial charge in [0.05, 0.1) is 5.52 Å². The molecule has 84 valence electrons. The quantitative estimate of drug-likeness (QED) is 0.570. The van der Waals surface area contributed by atoms with Crippen LogP contribution in [0.25, 0.3) is 10.9 Å². The summed E-state index contributed by atoms with van der Waals surface area (Å²) in [6, 6.07) is 8.56. The van der Waals surface area contributed by atoms with Crippen molar-refractivity contribution in [2.75, 3.05) is 5.75 Å². The fourth-order valence-corrected chi connectivity index (χ4v) is 2.85. The fraction of sp³-hybridized carbons (Fsp3) is 0.357. The van der Waals surface area contributed by atoms with Gasteiger partial charge in [-0.15, -0.1) is 11.8 Å². The molecule has 0 unspecified atom stereocenters. The van der Waals surface area contributed by atoms with Crippen LogP contribution in [0.4, 0.5) is 0 Å². The Morgan fingerprint density at radius 1 is 1.25 bits per heavy atom. The van der Waals surface area contributed by atoms with Gasteiger partial charge in [0.15, 0.2) is 0 Å². The normalized spacial score (nSPS) is 10.9. The summed E-state index contributed by atoms with van der Waals surface area (Å²) in [4.78, 5) is 5.81. The Morgan fingerprint density at radius 2 is 2.12 bits per heavy atom. The van der Waals surface area contributed by atoms with Gasteiger partial charge in [0, 0.05) is 16.5 Å². The molecular weight excluding hydrogens is 214 g/mol. The Labute approximate surface area is 101 Å². The Balaban J connectivity index is 2.35. The number of thioether (sulfide) groups is 1. The summed E-state index contributed by atoms with van der Waals surface area (Å²) >= 11 is 1.92. The minimum absolute atomic E-state index is 1.16. The molecule has 1 nitrogen and oxygen atoms in total. The second-order valence-corrected chi connectivity index (χ2v) is 5.12. The zero-order valence-corrected chi connectivity index (χ0v) is 10.7. The zero-order valence-electron chi connectivity index (χ0n) is 9.86. The van der Waals surface area contributed by atoms with Gasteiger partial charge in [0.25, 0.3) is 0 Å². The maximum Gasteiger partial charge on any atom is 0.0840 e. The minimum atomic E-state index is 1.16. The van der Waals surface area contributed by atoms with Crippen LogP contribution >= 0.6 is 11.8 Å². The molecule has 0 bridgehead atoms. The number of rotatable bonds is 4. The molecule has 2 rings (SSSR count). The van der Waals surface area contributed by atoms with Gasteiger partial charge in [0.2, 0.25) is 0 Å². The molecule has 0 aliphatic rings. The lowest BCUT2D eigenvalue weighted by Crippen LogP contribution is -1.86. The first-order valence-electron chi connectivity index (χ1n) is 5.80. The molecule has 0 spiro atoms. The number of aromatic nitrogens is 1. The lowest BCUT2D eigenvalue weighted by molar-refractivity contribution is 0.896. The highest BCUT2D eigenvalue weighted by Crippen LogP contribution is 2.28. The number of hydrogen-bond donors (Lipinski definition) is 0. The standard InChI is InChI=1S/C14H17NS/c1-3-4-10-16-13-8-7-11(2)12-6-5-9-15-14(12)13/h5-9H,3-4,10H2,1-2H3. The summed E-state index contributed by atoms with van der Waals surface area (Å²) in [6.45, 7) is 4.37. The summed E-state index contributed by atoms with van der Waals surface area (Å²) in [5, 5.41) is 1.28. The van der Waals surface area contributed by atoms with Crippen LogP contribution in [0.5, 0.6) is 0 Å². The highest BCUT2D eigenvalue weighted by atomic mass is 32.2. The third-order valence-electron chi connectivity index (χ3n) is 2.71. The maximum absolute atomic E-state index is 4.50. The zero-order chi connectivity index (χ0) is 11.4. The highest BCUT2D eigenvalue weighted by Gasteiger charge is 2.04. The molecule has 2 aromatic rings. The van der Waals surface area contributed by atoms with Crippen LogP contribution in [0.3, 0.4) is 0 Å². The minimum Gasteiger partial charge on any atom is -0.255 e. The van der Waals surface area contributed by atoms with Crippen molar-refractivity contribution in [3.8, 4) is 0 Å². The molecule has 0 atom stereocenters. The van der Waals surface area contributed by atoms with E-state index in [9.17, 15) is 0 Å². The monoisotopic (exact) mass is 231 g/mol. The van der Waals surface area contributed by atoms with Crippen molar-refractivity contribution < 1.29 is 0 Å². The lowest BCUT2D eigenvalue weighted by Gasteiger charge is -2.07. The Kier molecular flexibility index (Phi) is 3.83. The van der Waals surface area contributed by atoms with E-state index >= 15 is 0 Å². The van der Waals surface area contributed by atoms with Gasteiger partial charge in [0.1, 0.15) is 0 Å². The van der Waals surface area contributed by atoms with E-state index in [1.807, 2.05) is 24.0 Å². The largest absolute Gasteiger partial charge is 0.255 e. The average molecular weight is 231 g/mol. The van der Waals surface area contributed by atoms with Gasteiger partial charge < -0.3 is 0 Å². The second kappa shape index (κ2) is 5.35. The van der Waals surface area contributed by atoms with Crippen molar-refractivity contribution in [2.24, 2.45) is 0 Å². The van der Waals surface area contributed by atoms with Gasteiger partial charge in [-0.1, -0.05) is 25.5 Å². The number of unbranched alkanes of at least 4 members (excludes halogenated alkanes) is 1. The molecule has 1 aromatic heterocycles. The average Bonchev–Trinajstić information content (AvgIpc) is 2.33. The molecule has 0 saturated carbocycles. The SMILES string of the molecule is CCCCSc1ccc(C)c2cccnc12. The number of benzene rings is 1. The molecule has 1 heterocycles. The van der Waals surface area contributed by atoms with Crippen LogP contribution in [-0.4, -0.2) is 10.7 Å². The Hall–Kier alpha value is -1.02. The van der Waals surface area contributed by atoms with Crippen molar-refractivity contribution in [3.05, 3.63) is 36.0 Å². The molecule has 0 radical (unpaired) electrons. The summed E-state index contributed by atoms with van der Waals surface area (Å²) < 4.78 is 0. The predicted molar refractivity (Wildman–Crippen MR) is 72.1 cm³/mol. The fourth-order valence-electron chi connectivity index (χ4n) is 1.73. The van der Waals surface area contributed by atoms with E-state index in [1.54, 1.807) is 0 Å². The van der Waals surface area contributed by atoms with Crippen LogP contribution in [0.1, 0.15) is 25.3 Å². The lowest BCUT2D eigenvalue weighted by atomic mass is 10.1. The number of fused-ring (bicyclic) bond motifs is 1.